The molecule has 9 heteroatoms. The molecule has 0 aromatic rings. The van der Waals surface area contributed by atoms with Crippen LogP contribution in [0.1, 0.15) is 271 Å². The van der Waals surface area contributed by atoms with Gasteiger partial charge < -0.3 is 28.5 Å². The number of allylic oxidation sites excluding steroid dienone is 12. The van der Waals surface area contributed by atoms with Gasteiger partial charge in [0.05, 0.1) is 34.4 Å². The van der Waals surface area contributed by atoms with Crippen molar-refractivity contribution in [3.63, 3.8) is 0 Å². The van der Waals surface area contributed by atoms with Crippen molar-refractivity contribution in [1.82, 2.24) is 0 Å². The van der Waals surface area contributed by atoms with Crippen molar-refractivity contribution in [1.29, 1.82) is 0 Å². The Bertz CT molecular complexity index is 1460. The number of esters is 2. The molecule has 0 bridgehead atoms. The van der Waals surface area contributed by atoms with E-state index in [0.29, 0.717) is 23.9 Å². The third-order valence-corrected chi connectivity index (χ3v) is 13.4. The van der Waals surface area contributed by atoms with Crippen LogP contribution in [0.3, 0.4) is 0 Å². The quantitative estimate of drug-likeness (QED) is 0.0211. The maximum absolute atomic E-state index is 12.8. The zero-order valence-corrected chi connectivity index (χ0v) is 49.4. The number of carbonyl (C=O) groups is 3. The standard InChI is InChI=1S/C66H117NO8/c1-6-8-10-12-14-16-18-20-22-24-25-26-27-28-29-30-31-32-33-34-35-36-37-38-39-41-42-44-46-48-50-52-54-56-63(68)73-60-62(61-74-66(65(70)71)72-59-58-67(3,4)5)75-64(69)57-55-53-51-49-47-45-43-40-23-21-19-17-15-13-11-9-7-2/h9,11,15,17,21,23-25,43,45,49,51,62,66H,6-8,10,12-14,16,18-20,22,26-42,44,46-48,50,52-61H2,1-5H3/p+1/b11-9-,17-15-,23-21-,25-24-,45-43-,51-49-. The summed E-state index contributed by atoms with van der Waals surface area (Å²) >= 11 is 0. The van der Waals surface area contributed by atoms with Crippen LogP contribution in [-0.4, -0.2) is 87.4 Å². The lowest BCUT2D eigenvalue weighted by atomic mass is 10.0. The fourth-order valence-electron chi connectivity index (χ4n) is 8.69. The molecule has 2 unspecified atom stereocenters. The minimum Gasteiger partial charge on any atom is -0.477 e. The second-order valence-corrected chi connectivity index (χ2v) is 22.0. The van der Waals surface area contributed by atoms with Crippen LogP contribution in [0, 0.1) is 0 Å². The van der Waals surface area contributed by atoms with Crippen molar-refractivity contribution in [3.8, 4) is 0 Å². The molecular formula is C66H118NO8+. The predicted molar refractivity (Wildman–Crippen MR) is 318 cm³/mol. The van der Waals surface area contributed by atoms with E-state index in [1.54, 1.807) is 0 Å². The van der Waals surface area contributed by atoms with Crippen molar-refractivity contribution in [3.05, 3.63) is 72.9 Å². The summed E-state index contributed by atoms with van der Waals surface area (Å²) in [5.41, 5.74) is 0. The largest absolute Gasteiger partial charge is 0.477 e. The van der Waals surface area contributed by atoms with Gasteiger partial charge in [0.15, 0.2) is 6.10 Å². The molecule has 0 aromatic carbocycles. The van der Waals surface area contributed by atoms with Gasteiger partial charge in [-0.2, -0.15) is 0 Å². The minimum atomic E-state index is -1.53. The monoisotopic (exact) mass is 1050 g/mol. The Balaban J connectivity index is 4.11. The number of rotatable bonds is 57. The SMILES string of the molecule is CC/C=C\C/C=C\C/C=C\C/C=C\C/C=C\CCCC(=O)OC(COC(=O)CCCCCCCCCCCCCCCCCCCCCCC/C=C\CCCCCCCCCC)COC(OCC[N+](C)(C)C)C(=O)O. The summed E-state index contributed by atoms with van der Waals surface area (Å²) in [5.74, 6) is -2.08. The lowest BCUT2D eigenvalue weighted by Crippen LogP contribution is -2.40. The molecule has 434 valence electrons. The topological polar surface area (TPSA) is 108 Å². The van der Waals surface area contributed by atoms with Gasteiger partial charge >= 0.3 is 17.9 Å². The van der Waals surface area contributed by atoms with E-state index in [1.807, 2.05) is 21.1 Å². The predicted octanol–water partition coefficient (Wildman–Crippen LogP) is 18.6. The van der Waals surface area contributed by atoms with Crippen molar-refractivity contribution in [2.45, 2.75) is 283 Å². The summed E-state index contributed by atoms with van der Waals surface area (Å²) < 4.78 is 22.8. The lowest BCUT2D eigenvalue weighted by molar-refractivity contribution is -0.870. The molecule has 9 nitrogen and oxygen atoms in total. The Morgan fingerprint density at radius 3 is 1.19 bits per heavy atom. The van der Waals surface area contributed by atoms with Gasteiger partial charge in [0.25, 0.3) is 6.29 Å². The number of unbranched alkanes of at least 4 members (excludes halogenated alkanes) is 30. The second-order valence-electron chi connectivity index (χ2n) is 22.0. The molecule has 1 N–H and O–H groups in total. The van der Waals surface area contributed by atoms with Crippen LogP contribution in [0.4, 0.5) is 0 Å². The van der Waals surface area contributed by atoms with Crippen molar-refractivity contribution < 1.29 is 42.9 Å². The Hall–Kier alpha value is -3.27. The molecule has 0 saturated heterocycles. The van der Waals surface area contributed by atoms with E-state index in [-0.39, 0.29) is 32.2 Å². The molecule has 2 atom stereocenters. The van der Waals surface area contributed by atoms with Crippen LogP contribution in [0.25, 0.3) is 0 Å². The van der Waals surface area contributed by atoms with Gasteiger partial charge in [-0.3, -0.25) is 9.59 Å². The number of hydrogen-bond acceptors (Lipinski definition) is 7. The van der Waals surface area contributed by atoms with E-state index in [1.165, 1.54) is 180 Å². The number of carbonyl (C=O) groups excluding carboxylic acids is 2. The van der Waals surface area contributed by atoms with Crippen LogP contribution >= 0.6 is 0 Å². The Kier molecular flexibility index (Phi) is 54.4. The number of ether oxygens (including phenoxy) is 4. The van der Waals surface area contributed by atoms with Crippen molar-refractivity contribution in [2.24, 2.45) is 0 Å². The first-order chi connectivity index (χ1) is 36.6. The first kappa shape index (κ1) is 71.7. The molecule has 0 saturated carbocycles. The van der Waals surface area contributed by atoms with Crippen molar-refractivity contribution in [2.75, 3.05) is 47.5 Å². The second kappa shape index (κ2) is 56.9. The van der Waals surface area contributed by atoms with E-state index >= 15 is 0 Å². The molecule has 75 heavy (non-hydrogen) atoms. The highest BCUT2D eigenvalue weighted by molar-refractivity contribution is 5.71. The van der Waals surface area contributed by atoms with Gasteiger partial charge in [0, 0.05) is 12.8 Å². The first-order valence-electron chi connectivity index (χ1n) is 31.1. The zero-order chi connectivity index (χ0) is 54.8. The number of hydrogen-bond donors (Lipinski definition) is 1. The van der Waals surface area contributed by atoms with Crippen LogP contribution in [0.2, 0.25) is 0 Å². The van der Waals surface area contributed by atoms with Gasteiger partial charge in [-0.05, 0) is 77.0 Å². The summed E-state index contributed by atoms with van der Waals surface area (Å²) in [5, 5.41) is 9.70. The van der Waals surface area contributed by atoms with E-state index < -0.39 is 24.3 Å². The van der Waals surface area contributed by atoms with Gasteiger partial charge in [-0.25, -0.2) is 4.79 Å². The van der Waals surface area contributed by atoms with Gasteiger partial charge in [-0.1, -0.05) is 254 Å². The average Bonchev–Trinajstić information content (AvgIpc) is 3.38. The average molecular weight is 1050 g/mol. The molecule has 0 fully saturated rings. The molecule has 0 radical (unpaired) electrons. The van der Waals surface area contributed by atoms with E-state index in [0.717, 1.165) is 57.8 Å². The zero-order valence-electron chi connectivity index (χ0n) is 49.4. The molecule has 0 aliphatic rings. The van der Waals surface area contributed by atoms with Gasteiger partial charge in [-0.15, -0.1) is 0 Å². The fraction of sp³-hybridized carbons (Fsp3) is 0.773. The maximum atomic E-state index is 12.8. The highest BCUT2D eigenvalue weighted by Gasteiger charge is 2.25. The molecule has 0 heterocycles. The van der Waals surface area contributed by atoms with Gasteiger partial charge in [0.1, 0.15) is 13.2 Å². The number of quaternary nitrogens is 1. The summed E-state index contributed by atoms with van der Waals surface area (Å²) in [6, 6.07) is 0. The lowest BCUT2D eigenvalue weighted by Gasteiger charge is -2.25. The molecule has 0 aliphatic carbocycles. The van der Waals surface area contributed by atoms with Crippen LogP contribution in [0.5, 0.6) is 0 Å². The number of aliphatic carboxylic acids is 1. The first-order valence-corrected chi connectivity index (χ1v) is 31.1. The van der Waals surface area contributed by atoms with Crippen LogP contribution in [0.15, 0.2) is 72.9 Å². The van der Waals surface area contributed by atoms with E-state index in [2.05, 4.69) is 86.8 Å². The molecular weight excluding hydrogens is 935 g/mol. The van der Waals surface area contributed by atoms with Crippen LogP contribution in [-0.2, 0) is 33.3 Å². The van der Waals surface area contributed by atoms with Crippen molar-refractivity contribution >= 4 is 17.9 Å². The maximum Gasteiger partial charge on any atom is 0.361 e. The Morgan fingerprint density at radius 1 is 0.413 bits per heavy atom. The van der Waals surface area contributed by atoms with Crippen LogP contribution < -0.4 is 0 Å². The Morgan fingerprint density at radius 2 is 0.773 bits per heavy atom. The summed E-state index contributed by atoms with van der Waals surface area (Å²) in [6.07, 6.45) is 71.7. The highest BCUT2D eigenvalue weighted by Crippen LogP contribution is 2.17. The third-order valence-electron chi connectivity index (χ3n) is 13.4. The molecule has 0 spiro atoms. The molecule has 0 rings (SSSR count). The molecule has 0 aliphatic heterocycles. The fourth-order valence-corrected chi connectivity index (χ4v) is 8.69. The summed E-state index contributed by atoms with van der Waals surface area (Å²) in [6.45, 7) is 4.71. The molecule has 0 aromatic heterocycles. The smallest absolute Gasteiger partial charge is 0.361 e. The molecule has 0 amide bonds. The summed E-state index contributed by atoms with van der Waals surface area (Å²) in [4.78, 5) is 37.4. The highest BCUT2D eigenvalue weighted by atomic mass is 16.7. The number of carboxylic acids is 1. The minimum absolute atomic E-state index is 0.175. The number of likely N-dealkylation sites (N-methyl/N-ethyl adjacent to an activating group) is 1. The third kappa shape index (κ3) is 58.3. The van der Waals surface area contributed by atoms with Gasteiger partial charge in [0.2, 0.25) is 0 Å². The van der Waals surface area contributed by atoms with E-state index in [4.69, 9.17) is 18.9 Å². The normalized spacial score (nSPS) is 13.2. The number of nitrogens with zero attached hydrogens (tertiary/aromatic N) is 1. The number of carboxylic acid groups (broad SMARTS) is 1. The van der Waals surface area contributed by atoms with E-state index in [9.17, 15) is 19.5 Å². The Labute approximate surface area is 462 Å². The summed E-state index contributed by atoms with van der Waals surface area (Å²) in [7, 11) is 5.95.